The first kappa shape index (κ1) is 16.0. The number of methoxy groups -OCH3 is 1. The summed E-state index contributed by atoms with van der Waals surface area (Å²) in [6.45, 7) is 1.58. The van der Waals surface area contributed by atoms with Gasteiger partial charge in [-0.15, -0.1) is 0 Å². The molecule has 6 nitrogen and oxygen atoms in total. The number of Topliss-reactive ketones (excluding diaryl/α,β-unsaturated/α-hetero) is 1. The lowest BCUT2D eigenvalue weighted by Gasteiger charge is -2.11. The predicted molar refractivity (Wildman–Crippen MR) is 88.0 cm³/mol. The number of carbonyl (C=O) groups excluding carboxylic acids is 2. The minimum Gasteiger partial charge on any atom is -0.466 e. The molecule has 1 aromatic carbocycles. The molecule has 3 rings (SSSR count). The highest BCUT2D eigenvalue weighted by Crippen LogP contribution is 2.35. The number of aryl methyl sites for hydroxylation is 1. The predicted octanol–water partition coefficient (Wildman–Crippen LogP) is 2.48. The van der Waals surface area contributed by atoms with Crippen LogP contribution < -0.4 is 4.74 Å². The van der Waals surface area contributed by atoms with E-state index in [1.807, 2.05) is 43.3 Å². The van der Waals surface area contributed by atoms with Gasteiger partial charge in [0.2, 0.25) is 5.88 Å². The fourth-order valence-corrected chi connectivity index (χ4v) is 2.72. The molecule has 1 heterocycles. The second kappa shape index (κ2) is 6.70. The van der Waals surface area contributed by atoms with Crippen molar-refractivity contribution in [3.8, 4) is 11.6 Å². The molecular weight excluding hydrogens is 308 g/mol. The molecule has 6 heteroatoms. The molecule has 0 amide bonds. The monoisotopic (exact) mass is 326 g/mol. The topological polar surface area (TPSA) is 70.4 Å². The molecule has 124 valence electrons. The maximum absolute atomic E-state index is 12.2. The molecule has 0 unspecified atom stereocenters. The number of ketones is 1. The Kier molecular flexibility index (Phi) is 4.46. The van der Waals surface area contributed by atoms with Crippen molar-refractivity contribution in [3.63, 3.8) is 0 Å². The average molecular weight is 326 g/mol. The van der Waals surface area contributed by atoms with Gasteiger partial charge < -0.3 is 9.47 Å². The smallest absolute Gasteiger partial charge is 0.343 e. The number of hydrogen-bond acceptors (Lipinski definition) is 5. The number of para-hydroxylation sites is 1. The number of esters is 1. The highest BCUT2D eigenvalue weighted by molar-refractivity contribution is 6.23. The van der Waals surface area contributed by atoms with E-state index in [-0.39, 0.29) is 12.4 Å². The van der Waals surface area contributed by atoms with E-state index in [9.17, 15) is 9.59 Å². The Morgan fingerprint density at radius 2 is 2.04 bits per heavy atom. The molecule has 2 aromatic rings. The van der Waals surface area contributed by atoms with Crippen LogP contribution in [0.25, 0.3) is 11.3 Å². The standard InChI is InChI=1S/C18H18N2O4/c1-12-17(14-9-6-10-15(14)21)18(24-11-16(22)23-2)20(19-12)13-7-4-3-5-8-13/h3-5,7-9H,6,10-11H2,1-2H3. The van der Waals surface area contributed by atoms with Crippen LogP contribution in [0.5, 0.6) is 5.88 Å². The largest absolute Gasteiger partial charge is 0.466 e. The van der Waals surface area contributed by atoms with Crippen molar-refractivity contribution in [2.45, 2.75) is 19.8 Å². The second-order valence-electron chi connectivity index (χ2n) is 5.46. The Hall–Kier alpha value is -2.89. The molecule has 0 N–H and O–H groups in total. The lowest BCUT2D eigenvalue weighted by atomic mass is 10.1. The van der Waals surface area contributed by atoms with Gasteiger partial charge in [-0.2, -0.15) is 5.10 Å². The quantitative estimate of drug-likeness (QED) is 0.790. The summed E-state index contributed by atoms with van der Waals surface area (Å²) in [5.74, 6) is -0.0506. The SMILES string of the molecule is COC(=O)COc1c(C2=CCCC2=O)c(C)nn1-c1ccccc1. The third-order valence-corrected chi connectivity index (χ3v) is 3.86. The summed E-state index contributed by atoms with van der Waals surface area (Å²) in [7, 11) is 1.30. The normalized spacial score (nSPS) is 13.8. The highest BCUT2D eigenvalue weighted by Gasteiger charge is 2.27. The Bertz CT molecular complexity index is 806. The van der Waals surface area contributed by atoms with Gasteiger partial charge in [-0.1, -0.05) is 24.3 Å². The number of benzene rings is 1. The Balaban J connectivity index is 2.09. The summed E-state index contributed by atoms with van der Waals surface area (Å²) in [5, 5.41) is 4.51. The van der Waals surface area contributed by atoms with Crippen molar-refractivity contribution < 1.29 is 19.1 Å². The number of allylic oxidation sites excluding steroid dienone is 2. The zero-order valence-electron chi connectivity index (χ0n) is 13.6. The number of ether oxygens (including phenoxy) is 2. The third-order valence-electron chi connectivity index (χ3n) is 3.86. The first-order chi connectivity index (χ1) is 11.6. The maximum Gasteiger partial charge on any atom is 0.343 e. The zero-order chi connectivity index (χ0) is 17.1. The molecule has 0 atom stereocenters. The maximum atomic E-state index is 12.2. The lowest BCUT2D eigenvalue weighted by Crippen LogP contribution is -2.15. The molecule has 0 bridgehead atoms. The first-order valence-electron chi connectivity index (χ1n) is 7.70. The van der Waals surface area contributed by atoms with Crippen LogP contribution in [0.1, 0.15) is 24.1 Å². The summed E-state index contributed by atoms with van der Waals surface area (Å²) in [5.41, 5.74) is 2.72. The van der Waals surface area contributed by atoms with Crippen LogP contribution in [0.4, 0.5) is 0 Å². The summed E-state index contributed by atoms with van der Waals surface area (Å²) < 4.78 is 11.9. The number of carbonyl (C=O) groups is 2. The molecule has 0 saturated heterocycles. The van der Waals surface area contributed by atoms with Gasteiger partial charge in [0.15, 0.2) is 12.4 Å². The first-order valence-corrected chi connectivity index (χ1v) is 7.70. The van der Waals surface area contributed by atoms with Crippen molar-refractivity contribution in [2.24, 2.45) is 0 Å². The fraction of sp³-hybridized carbons (Fsp3) is 0.278. The van der Waals surface area contributed by atoms with E-state index in [0.29, 0.717) is 35.6 Å². The molecular formula is C18H18N2O4. The van der Waals surface area contributed by atoms with E-state index in [2.05, 4.69) is 9.84 Å². The van der Waals surface area contributed by atoms with E-state index < -0.39 is 5.97 Å². The minimum absolute atomic E-state index is 0.0635. The van der Waals surface area contributed by atoms with Gasteiger partial charge in [0, 0.05) is 12.0 Å². The van der Waals surface area contributed by atoms with Gasteiger partial charge in [0.05, 0.1) is 24.1 Å². The van der Waals surface area contributed by atoms with Crippen LogP contribution in [0.2, 0.25) is 0 Å². The summed E-state index contributed by atoms with van der Waals surface area (Å²) in [6, 6.07) is 9.43. The van der Waals surface area contributed by atoms with Crippen LogP contribution in [-0.4, -0.2) is 35.2 Å². The van der Waals surface area contributed by atoms with Crippen molar-refractivity contribution in [2.75, 3.05) is 13.7 Å². The van der Waals surface area contributed by atoms with Gasteiger partial charge in [-0.25, -0.2) is 9.48 Å². The van der Waals surface area contributed by atoms with Gasteiger partial charge in [0.25, 0.3) is 0 Å². The van der Waals surface area contributed by atoms with Crippen molar-refractivity contribution in [1.29, 1.82) is 0 Å². The molecule has 1 aromatic heterocycles. The Labute approximate surface area is 139 Å². The van der Waals surface area contributed by atoms with Crippen molar-refractivity contribution in [1.82, 2.24) is 9.78 Å². The number of rotatable bonds is 5. The average Bonchev–Trinajstić information content (AvgIpc) is 3.16. The van der Waals surface area contributed by atoms with Gasteiger partial charge in [0.1, 0.15) is 0 Å². The lowest BCUT2D eigenvalue weighted by molar-refractivity contribution is -0.143. The summed E-state index contributed by atoms with van der Waals surface area (Å²) >= 11 is 0. The van der Waals surface area contributed by atoms with Gasteiger partial charge in [-0.3, -0.25) is 4.79 Å². The molecule has 0 radical (unpaired) electrons. The van der Waals surface area contributed by atoms with Crippen LogP contribution in [0.15, 0.2) is 36.4 Å². The molecule has 1 aliphatic rings. The Morgan fingerprint density at radius 3 is 2.67 bits per heavy atom. The van der Waals surface area contributed by atoms with E-state index in [1.165, 1.54) is 7.11 Å². The number of aromatic nitrogens is 2. The number of nitrogens with zero attached hydrogens (tertiary/aromatic N) is 2. The zero-order valence-corrected chi connectivity index (χ0v) is 13.6. The van der Waals surface area contributed by atoms with E-state index >= 15 is 0 Å². The number of hydrogen-bond donors (Lipinski definition) is 0. The van der Waals surface area contributed by atoms with Crippen molar-refractivity contribution in [3.05, 3.63) is 47.7 Å². The third kappa shape index (κ3) is 2.95. The highest BCUT2D eigenvalue weighted by atomic mass is 16.6. The van der Waals surface area contributed by atoms with Crippen LogP contribution in [0, 0.1) is 6.92 Å². The van der Waals surface area contributed by atoms with Crippen LogP contribution in [-0.2, 0) is 14.3 Å². The minimum atomic E-state index is -0.494. The molecule has 1 aliphatic carbocycles. The Morgan fingerprint density at radius 1 is 1.29 bits per heavy atom. The fourth-order valence-electron chi connectivity index (χ4n) is 2.72. The van der Waals surface area contributed by atoms with E-state index in [0.717, 1.165) is 5.69 Å². The van der Waals surface area contributed by atoms with Crippen molar-refractivity contribution >= 4 is 17.3 Å². The second-order valence-corrected chi connectivity index (χ2v) is 5.46. The van der Waals surface area contributed by atoms with E-state index in [4.69, 9.17) is 4.74 Å². The molecule has 0 fully saturated rings. The summed E-state index contributed by atoms with van der Waals surface area (Å²) in [4.78, 5) is 23.6. The van der Waals surface area contributed by atoms with Crippen LogP contribution >= 0.6 is 0 Å². The molecule has 0 saturated carbocycles. The van der Waals surface area contributed by atoms with E-state index in [1.54, 1.807) is 4.68 Å². The molecule has 0 aliphatic heterocycles. The molecule has 24 heavy (non-hydrogen) atoms. The van der Waals surface area contributed by atoms with Crippen LogP contribution in [0.3, 0.4) is 0 Å². The van der Waals surface area contributed by atoms with Gasteiger partial charge in [-0.05, 0) is 25.5 Å². The molecule has 0 spiro atoms. The van der Waals surface area contributed by atoms with Gasteiger partial charge >= 0.3 is 5.97 Å². The summed E-state index contributed by atoms with van der Waals surface area (Å²) in [6.07, 6.45) is 3.09.